The maximum absolute atomic E-state index is 6.51. The van der Waals surface area contributed by atoms with Gasteiger partial charge in [-0.15, -0.1) is 0 Å². The summed E-state index contributed by atoms with van der Waals surface area (Å²) < 4.78 is 6.51. The molecule has 10 rings (SSSR count). The number of fused-ring (bicyclic) bond motifs is 6. The molecule has 0 aliphatic carbocycles. The Labute approximate surface area is 302 Å². The Morgan fingerprint density at radius 3 is 1.63 bits per heavy atom. The summed E-state index contributed by atoms with van der Waals surface area (Å²) in [6.07, 6.45) is 0. The van der Waals surface area contributed by atoms with Crippen molar-refractivity contribution >= 4 is 60.5 Å². The zero-order valence-electron chi connectivity index (χ0n) is 28.4. The van der Waals surface area contributed by atoms with Gasteiger partial charge in [-0.25, -0.2) is 0 Å². The van der Waals surface area contributed by atoms with Gasteiger partial charge >= 0.3 is 0 Å². The highest BCUT2D eigenvalue weighted by Crippen LogP contribution is 2.48. The molecule has 0 aliphatic heterocycles. The maximum atomic E-state index is 6.51. The monoisotopic (exact) mass is 663 g/mol. The average Bonchev–Trinajstić information content (AvgIpc) is 3.59. The van der Waals surface area contributed by atoms with Gasteiger partial charge in [0.25, 0.3) is 0 Å². The van der Waals surface area contributed by atoms with Crippen LogP contribution in [0.2, 0.25) is 0 Å². The molecule has 0 aliphatic rings. The first-order valence-electron chi connectivity index (χ1n) is 17.8. The van der Waals surface area contributed by atoms with Gasteiger partial charge in [0.15, 0.2) is 0 Å². The quantitative estimate of drug-likeness (QED) is 0.165. The summed E-state index contributed by atoms with van der Waals surface area (Å²) >= 11 is 0. The van der Waals surface area contributed by atoms with E-state index in [0.29, 0.717) is 0 Å². The third kappa shape index (κ3) is 4.96. The van der Waals surface area contributed by atoms with E-state index in [0.717, 1.165) is 50.0 Å². The van der Waals surface area contributed by atoms with Crippen molar-refractivity contribution in [3.05, 3.63) is 200 Å². The van der Waals surface area contributed by atoms with E-state index in [2.05, 4.69) is 199 Å². The first kappa shape index (κ1) is 30.0. The lowest BCUT2D eigenvalue weighted by atomic mass is 9.88. The van der Waals surface area contributed by atoms with Crippen LogP contribution in [0.1, 0.15) is 0 Å². The molecule has 2 heteroatoms. The summed E-state index contributed by atoms with van der Waals surface area (Å²) in [5.74, 6) is 0. The summed E-state index contributed by atoms with van der Waals surface area (Å²) in [7, 11) is 0. The van der Waals surface area contributed by atoms with E-state index in [4.69, 9.17) is 4.42 Å². The summed E-state index contributed by atoms with van der Waals surface area (Å²) in [6.45, 7) is 0. The van der Waals surface area contributed by atoms with Crippen molar-refractivity contribution in [3.63, 3.8) is 0 Å². The average molecular weight is 664 g/mol. The summed E-state index contributed by atoms with van der Waals surface area (Å²) in [4.78, 5) is 2.43. The molecule has 1 aromatic heterocycles. The number of anilines is 3. The minimum Gasteiger partial charge on any atom is -0.456 e. The molecule has 0 unspecified atom stereocenters. The highest BCUT2D eigenvalue weighted by Gasteiger charge is 2.23. The Hall–Kier alpha value is -6.90. The first-order valence-corrected chi connectivity index (χ1v) is 17.8. The van der Waals surface area contributed by atoms with Crippen LogP contribution in [0.5, 0.6) is 0 Å². The van der Waals surface area contributed by atoms with Gasteiger partial charge in [0, 0.05) is 27.4 Å². The van der Waals surface area contributed by atoms with Gasteiger partial charge in [0.1, 0.15) is 11.2 Å². The molecule has 244 valence electrons. The molecule has 0 bridgehead atoms. The molecule has 1 heterocycles. The van der Waals surface area contributed by atoms with Gasteiger partial charge in [-0.05, 0) is 86.4 Å². The molecule has 0 saturated heterocycles. The van der Waals surface area contributed by atoms with Crippen LogP contribution in [0.25, 0.3) is 76.9 Å². The fourth-order valence-electron chi connectivity index (χ4n) is 7.91. The minimum atomic E-state index is 0.884. The fraction of sp³-hybridized carbons (Fsp3) is 0. The lowest BCUT2D eigenvalue weighted by Gasteiger charge is -2.30. The van der Waals surface area contributed by atoms with E-state index in [9.17, 15) is 0 Å². The molecule has 0 atom stereocenters. The van der Waals surface area contributed by atoms with Crippen LogP contribution in [0.3, 0.4) is 0 Å². The smallest absolute Gasteiger partial charge is 0.136 e. The molecule has 0 spiro atoms. The standard InChI is InChI=1S/C50H33NO/c1-3-17-34(18-4-1)37-22-9-10-24-39(37)40-25-11-12-26-41(40)42-27-13-15-29-47(42)51(36-20-5-2-6-21-36)48-31-35-19-7-8-23-38(35)44-32-46-43-28-14-16-30-49(43)52-50(46)33-45(44)48/h1-33H. The van der Waals surface area contributed by atoms with Crippen molar-refractivity contribution in [1.82, 2.24) is 0 Å². The molecule has 0 saturated carbocycles. The van der Waals surface area contributed by atoms with Gasteiger partial charge in [-0.1, -0.05) is 158 Å². The van der Waals surface area contributed by atoms with E-state index in [1.54, 1.807) is 0 Å². The minimum absolute atomic E-state index is 0.884. The van der Waals surface area contributed by atoms with Crippen molar-refractivity contribution in [2.24, 2.45) is 0 Å². The van der Waals surface area contributed by atoms with Gasteiger partial charge < -0.3 is 9.32 Å². The number of benzene rings is 9. The zero-order chi connectivity index (χ0) is 34.4. The second-order valence-electron chi connectivity index (χ2n) is 13.3. The van der Waals surface area contributed by atoms with E-state index in [-0.39, 0.29) is 0 Å². The van der Waals surface area contributed by atoms with Crippen molar-refractivity contribution in [2.75, 3.05) is 4.90 Å². The van der Waals surface area contributed by atoms with Crippen LogP contribution in [0, 0.1) is 0 Å². The molecule has 2 nitrogen and oxygen atoms in total. The lowest BCUT2D eigenvalue weighted by molar-refractivity contribution is 0.669. The summed E-state index contributed by atoms with van der Waals surface area (Å²) in [6, 6.07) is 71.7. The third-order valence-corrected chi connectivity index (χ3v) is 10.3. The Kier molecular flexibility index (Phi) is 7.18. The molecule has 0 amide bonds. The maximum Gasteiger partial charge on any atom is 0.136 e. The molecular formula is C50H33NO. The van der Waals surface area contributed by atoms with Crippen LogP contribution in [0.4, 0.5) is 17.1 Å². The number of rotatable bonds is 6. The SMILES string of the molecule is c1ccc(-c2ccccc2-c2ccccc2-c2ccccc2N(c2ccccc2)c2cc3ccccc3c3cc4c(cc23)oc2ccccc24)cc1. The fourth-order valence-corrected chi connectivity index (χ4v) is 7.91. The molecule has 10 aromatic rings. The van der Waals surface area contributed by atoms with Crippen LogP contribution >= 0.6 is 0 Å². The summed E-state index contributed by atoms with van der Waals surface area (Å²) in [5.41, 5.74) is 12.2. The Morgan fingerprint density at radius 2 is 0.865 bits per heavy atom. The summed E-state index contributed by atoms with van der Waals surface area (Å²) in [5, 5.41) is 6.99. The molecule has 0 fully saturated rings. The van der Waals surface area contributed by atoms with Crippen LogP contribution in [0.15, 0.2) is 205 Å². The normalized spacial score (nSPS) is 11.5. The number of nitrogens with zero attached hydrogens (tertiary/aromatic N) is 1. The second-order valence-corrected chi connectivity index (χ2v) is 13.3. The van der Waals surface area contributed by atoms with Crippen molar-refractivity contribution in [2.45, 2.75) is 0 Å². The van der Waals surface area contributed by atoms with E-state index < -0.39 is 0 Å². The first-order chi connectivity index (χ1) is 25.8. The number of furan rings is 1. The Bertz CT molecular complexity index is 2910. The van der Waals surface area contributed by atoms with Crippen LogP contribution < -0.4 is 4.90 Å². The number of hydrogen-bond donors (Lipinski definition) is 0. The lowest BCUT2D eigenvalue weighted by Crippen LogP contribution is -2.12. The molecular weight excluding hydrogens is 631 g/mol. The third-order valence-electron chi connectivity index (χ3n) is 10.3. The van der Waals surface area contributed by atoms with Crippen LogP contribution in [-0.4, -0.2) is 0 Å². The van der Waals surface area contributed by atoms with E-state index >= 15 is 0 Å². The number of hydrogen-bond acceptors (Lipinski definition) is 2. The van der Waals surface area contributed by atoms with Gasteiger partial charge in [0.2, 0.25) is 0 Å². The van der Waals surface area contributed by atoms with Crippen molar-refractivity contribution in [3.8, 4) is 33.4 Å². The second kappa shape index (κ2) is 12.5. The van der Waals surface area contributed by atoms with Crippen molar-refractivity contribution in [1.29, 1.82) is 0 Å². The molecule has 0 N–H and O–H groups in total. The van der Waals surface area contributed by atoms with Gasteiger partial charge in [-0.3, -0.25) is 0 Å². The van der Waals surface area contributed by atoms with Gasteiger partial charge in [-0.2, -0.15) is 0 Å². The zero-order valence-corrected chi connectivity index (χ0v) is 28.4. The van der Waals surface area contributed by atoms with Crippen molar-refractivity contribution < 1.29 is 4.42 Å². The topological polar surface area (TPSA) is 16.4 Å². The van der Waals surface area contributed by atoms with Crippen LogP contribution in [-0.2, 0) is 0 Å². The molecule has 52 heavy (non-hydrogen) atoms. The predicted octanol–water partition coefficient (Wildman–Crippen LogP) is 14.4. The largest absolute Gasteiger partial charge is 0.456 e. The van der Waals surface area contributed by atoms with Gasteiger partial charge in [0.05, 0.1) is 11.4 Å². The molecule has 9 aromatic carbocycles. The highest BCUT2D eigenvalue weighted by molar-refractivity contribution is 6.21. The highest BCUT2D eigenvalue weighted by atomic mass is 16.3. The van der Waals surface area contributed by atoms with E-state index in [1.807, 2.05) is 6.07 Å². The number of para-hydroxylation sites is 3. The Balaban J connectivity index is 1.26. The molecule has 0 radical (unpaired) electrons. The Morgan fingerprint density at radius 1 is 0.308 bits per heavy atom. The van der Waals surface area contributed by atoms with E-state index in [1.165, 1.54) is 44.0 Å². The predicted molar refractivity (Wildman–Crippen MR) is 220 cm³/mol.